The van der Waals surface area contributed by atoms with E-state index < -0.39 is 5.60 Å². The molecule has 10 heteroatoms. The molecule has 2 heterocycles. The fraction of sp³-hybridized carbons (Fsp3) is 0.323. The number of piperazine rings is 1. The molecule has 5 rings (SSSR count). The van der Waals surface area contributed by atoms with Crippen LogP contribution in [0.3, 0.4) is 0 Å². The van der Waals surface area contributed by atoms with E-state index >= 15 is 0 Å². The number of benzene rings is 3. The van der Waals surface area contributed by atoms with Crippen molar-refractivity contribution in [3.63, 3.8) is 0 Å². The van der Waals surface area contributed by atoms with Crippen LogP contribution in [0.4, 0.5) is 4.79 Å². The summed E-state index contributed by atoms with van der Waals surface area (Å²) in [5.74, 6) is 1.61. The van der Waals surface area contributed by atoms with Gasteiger partial charge in [-0.05, 0) is 81.4 Å². The molecule has 0 atom stereocenters. The molecule has 1 saturated heterocycles. The number of aromatic nitrogens is 1. The molecule has 2 amide bonds. The van der Waals surface area contributed by atoms with Crippen molar-refractivity contribution in [1.29, 1.82) is 0 Å². The molecule has 9 nitrogen and oxygen atoms in total. The van der Waals surface area contributed by atoms with Gasteiger partial charge in [-0.1, -0.05) is 11.6 Å². The zero-order chi connectivity index (χ0) is 29.0. The zero-order valence-corrected chi connectivity index (χ0v) is 24.1. The van der Waals surface area contributed by atoms with Crippen molar-refractivity contribution in [2.75, 3.05) is 39.3 Å². The molecule has 1 aliphatic rings. The number of nitrogens with zero attached hydrogens (tertiary/aromatic N) is 3. The van der Waals surface area contributed by atoms with E-state index in [0.29, 0.717) is 65.3 Å². The lowest BCUT2D eigenvalue weighted by atomic mass is 10.1. The minimum Gasteiger partial charge on any atom is -0.457 e. The predicted octanol–water partition coefficient (Wildman–Crippen LogP) is 6.22. The van der Waals surface area contributed by atoms with Crippen LogP contribution >= 0.6 is 11.6 Å². The lowest BCUT2D eigenvalue weighted by Gasteiger charge is -2.35. The summed E-state index contributed by atoms with van der Waals surface area (Å²) >= 11 is 5.94. The van der Waals surface area contributed by atoms with Gasteiger partial charge in [0.15, 0.2) is 5.58 Å². The highest BCUT2D eigenvalue weighted by atomic mass is 35.5. The van der Waals surface area contributed by atoms with E-state index in [4.69, 9.17) is 25.5 Å². The van der Waals surface area contributed by atoms with Gasteiger partial charge in [-0.15, -0.1) is 0 Å². The SMILES string of the molecule is CC(C)(C)OC(=O)N1CCN(CCNC(=O)c2ccc(-c3nc4ccc(Oc5ccc(Cl)cc5)cc4o3)cc2)CC1. The van der Waals surface area contributed by atoms with Crippen molar-refractivity contribution in [2.45, 2.75) is 26.4 Å². The van der Waals surface area contributed by atoms with Gasteiger partial charge in [-0.25, -0.2) is 9.78 Å². The third-order valence-corrected chi connectivity index (χ3v) is 6.79. The average molecular weight is 577 g/mol. The van der Waals surface area contributed by atoms with Crippen LogP contribution < -0.4 is 10.1 Å². The summed E-state index contributed by atoms with van der Waals surface area (Å²) in [5.41, 5.74) is 2.12. The maximum absolute atomic E-state index is 12.7. The average Bonchev–Trinajstić information content (AvgIpc) is 3.37. The number of fused-ring (bicyclic) bond motifs is 1. The van der Waals surface area contributed by atoms with Gasteiger partial charge >= 0.3 is 6.09 Å². The molecule has 214 valence electrons. The lowest BCUT2D eigenvalue weighted by Crippen LogP contribution is -2.51. The summed E-state index contributed by atoms with van der Waals surface area (Å²) in [5, 5.41) is 3.62. The number of ether oxygens (including phenoxy) is 2. The minimum absolute atomic E-state index is 0.148. The number of oxazole rings is 1. The summed E-state index contributed by atoms with van der Waals surface area (Å²) < 4.78 is 17.3. The summed E-state index contributed by atoms with van der Waals surface area (Å²) in [4.78, 5) is 33.5. The molecule has 0 aliphatic carbocycles. The Kier molecular flexibility index (Phi) is 8.46. The molecular formula is C31H33ClN4O5. The van der Waals surface area contributed by atoms with Crippen LogP contribution in [-0.4, -0.2) is 71.7 Å². The summed E-state index contributed by atoms with van der Waals surface area (Å²) in [6, 6.07) is 19.7. The molecule has 1 aliphatic heterocycles. The number of halogens is 1. The molecule has 3 aromatic carbocycles. The van der Waals surface area contributed by atoms with Gasteiger partial charge in [0.05, 0.1) is 0 Å². The Balaban J connectivity index is 1.11. The molecule has 0 unspecified atom stereocenters. The number of hydrogen-bond donors (Lipinski definition) is 1. The molecule has 0 radical (unpaired) electrons. The van der Waals surface area contributed by atoms with Gasteiger partial charge in [0.25, 0.3) is 5.91 Å². The molecule has 0 spiro atoms. The number of carbonyl (C=O) groups excluding carboxylic acids is 2. The van der Waals surface area contributed by atoms with Gasteiger partial charge in [0.2, 0.25) is 5.89 Å². The number of hydrogen-bond acceptors (Lipinski definition) is 7. The van der Waals surface area contributed by atoms with E-state index in [1.54, 1.807) is 47.4 Å². The smallest absolute Gasteiger partial charge is 0.410 e. The van der Waals surface area contributed by atoms with Crippen molar-refractivity contribution in [3.05, 3.63) is 77.3 Å². The van der Waals surface area contributed by atoms with Crippen molar-refractivity contribution in [1.82, 2.24) is 20.1 Å². The quantitative estimate of drug-likeness (QED) is 0.279. The van der Waals surface area contributed by atoms with E-state index in [-0.39, 0.29) is 12.0 Å². The Morgan fingerprint density at radius 1 is 0.951 bits per heavy atom. The van der Waals surface area contributed by atoms with Crippen LogP contribution in [-0.2, 0) is 4.74 Å². The molecule has 0 saturated carbocycles. The topological polar surface area (TPSA) is 97.1 Å². The van der Waals surface area contributed by atoms with Crippen LogP contribution in [0, 0.1) is 0 Å². The summed E-state index contributed by atoms with van der Waals surface area (Å²) in [6.45, 7) is 9.51. The van der Waals surface area contributed by atoms with E-state index in [2.05, 4.69) is 15.2 Å². The first-order valence-electron chi connectivity index (χ1n) is 13.6. The molecular weight excluding hydrogens is 544 g/mol. The van der Waals surface area contributed by atoms with Crippen LogP contribution in [0.15, 0.2) is 71.1 Å². The van der Waals surface area contributed by atoms with E-state index in [1.165, 1.54) is 0 Å². The fourth-order valence-corrected chi connectivity index (χ4v) is 4.53. The zero-order valence-electron chi connectivity index (χ0n) is 23.4. The number of nitrogens with one attached hydrogen (secondary N) is 1. The standard InChI is InChI=1S/C31H33ClN4O5/c1-31(2,3)41-30(38)36-18-16-35(17-19-36)15-14-33-28(37)21-4-6-22(7-5-21)29-34-26-13-12-25(20-27(26)40-29)39-24-10-8-23(32)9-11-24/h4-13,20H,14-19H2,1-3H3,(H,33,37). The van der Waals surface area contributed by atoms with Crippen molar-refractivity contribution in [2.24, 2.45) is 0 Å². The van der Waals surface area contributed by atoms with E-state index in [1.807, 2.05) is 45.0 Å². The highest BCUT2D eigenvalue weighted by Gasteiger charge is 2.25. The molecule has 0 bridgehead atoms. The van der Waals surface area contributed by atoms with Gasteiger partial charge in [-0.2, -0.15) is 0 Å². The predicted molar refractivity (Wildman–Crippen MR) is 158 cm³/mol. The molecule has 41 heavy (non-hydrogen) atoms. The third kappa shape index (κ3) is 7.56. The second-order valence-corrected chi connectivity index (χ2v) is 11.3. The van der Waals surface area contributed by atoms with Gasteiger partial charge < -0.3 is 24.1 Å². The van der Waals surface area contributed by atoms with Gasteiger partial charge in [0, 0.05) is 61.5 Å². The number of carbonyl (C=O) groups is 2. The largest absolute Gasteiger partial charge is 0.457 e. The summed E-state index contributed by atoms with van der Waals surface area (Å²) in [6.07, 6.45) is -0.278. The maximum atomic E-state index is 12.7. The Hall–Kier alpha value is -4.08. The van der Waals surface area contributed by atoms with Crippen molar-refractivity contribution < 1.29 is 23.5 Å². The minimum atomic E-state index is -0.502. The molecule has 1 N–H and O–H groups in total. The lowest BCUT2D eigenvalue weighted by molar-refractivity contribution is 0.0147. The Labute approximate surface area is 244 Å². The Morgan fingerprint density at radius 2 is 1.63 bits per heavy atom. The molecule has 4 aromatic rings. The van der Waals surface area contributed by atoms with E-state index in [0.717, 1.165) is 18.7 Å². The maximum Gasteiger partial charge on any atom is 0.410 e. The second-order valence-electron chi connectivity index (χ2n) is 10.8. The fourth-order valence-electron chi connectivity index (χ4n) is 4.40. The van der Waals surface area contributed by atoms with E-state index in [9.17, 15) is 9.59 Å². The normalized spacial score (nSPS) is 14.2. The van der Waals surface area contributed by atoms with Gasteiger partial charge in [-0.3, -0.25) is 9.69 Å². The molecule has 1 fully saturated rings. The Bertz CT molecular complexity index is 1500. The van der Waals surface area contributed by atoms with Crippen molar-refractivity contribution in [3.8, 4) is 23.0 Å². The first-order chi connectivity index (χ1) is 19.6. The highest BCUT2D eigenvalue weighted by Crippen LogP contribution is 2.30. The summed E-state index contributed by atoms with van der Waals surface area (Å²) in [7, 11) is 0. The first kappa shape index (κ1) is 28.4. The van der Waals surface area contributed by atoms with Crippen LogP contribution in [0.2, 0.25) is 5.02 Å². The first-order valence-corrected chi connectivity index (χ1v) is 13.9. The van der Waals surface area contributed by atoms with Crippen LogP contribution in [0.1, 0.15) is 31.1 Å². The van der Waals surface area contributed by atoms with Crippen molar-refractivity contribution >= 4 is 34.7 Å². The van der Waals surface area contributed by atoms with Crippen LogP contribution in [0.25, 0.3) is 22.6 Å². The number of rotatable bonds is 7. The highest BCUT2D eigenvalue weighted by molar-refractivity contribution is 6.30. The third-order valence-electron chi connectivity index (χ3n) is 6.54. The molecule has 1 aromatic heterocycles. The second kappa shape index (κ2) is 12.2. The Morgan fingerprint density at radius 3 is 2.32 bits per heavy atom. The van der Waals surface area contributed by atoms with Crippen LogP contribution in [0.5, 0.6) is 11.5 Å². The monoisotopic (exact) mass is 576 g/mol. The van der Waals surface area contributed by atoms with Gasteiger partial charge in [0.1, 0.15) is 22.6 Å². The number of amides is 2.